The molecule has 1 amide bonds. The fraction of sp³-hybridized carbons (Fsp3) is 0.900. The number of carbonyl (C=O) groups excluding carboxylic acids is 1. The molecule has 114 valence electrons. The van der Waals surface area contributed by atoms with Crippen LogP contribution in [0.2, 0.25) is 0 Å². The van der Waals surface area contributed by atoms with Gasteiger partial charge in [0.2, 0.25) is 11.8 Å². The number of halogens is 6. The first-order chi connectivity index (χ1) is 8.42. The summed E-state index contributed by atoms with van der Waals surface area (Å²) in [7, 11) is 0. The summed E-state index contributed by atoms with van der Waals surface area (Å²) in [6.07, 6.45) is -11.5. The smallest absolute Gasteiger partial charge is 0.396 e. The van der Waals surface area contributed by atoms with Crippen LogP contribution in [0.4, 0.5) is 26.3 Å². The van der Waals surface area contributed by atoms with E-state index >= 15 is 0 Å². The lowest BCUT2D eigenvalue weighted by atomic mass is 10.1. The molecule has 3 nitrogen and oxygen atoms in total. The van der Waals surface area contributed by atoms with Crippen molar-refractivity contribution in [2.45, 2.75) is 38.7 Å². The number of carbonyl (C=O) groups is 1. The molecule has 0 bridgehead atoms. The quantitative estimate of drug-likeness (QED) is 0.791. The Balaban J connectivity index is 5.26. The van der Waals surface area contributed by atoms with Crippen molar-refractivity contribution in [1.82, 2.24) is 4.90 Å². The Morgan fingerprint density at radius 1 is 1.11 bits per heavy atom. The standard InChI is InChI=1S/C10H15F6NO2/c1-6(2)17(4-3-5-18)8(19)7(9(11,12)13)10(14,15)16/h6-7,18H,3-5H2,1-2H3. The molecule has 0 heterocycles. The maximum absolute atomic E-state index is 12.4. The SMILES string of the molecule is CC(C)N(CCCO)C(=O)C(C(F)(F)F)C(F)(F)F. The molecule has 0 aromatic carbocycles. The van der Waals surface area contributed by atoms with Crippen LogP contribution in [0, 0.1) is 5.92 Å². The van der Waals surface area contributed by atoms with Crippen LogP contribution in [-0.4, -0.2) is 47.5 Å². The average molecular weight is 295 g/mol. The topological polar surface area (TPSA) is 40.5 Å². The normalized spacial score (nSPS) is 13.2. The van der Waals surface area contributed by atoms with E-state index in [0.717, 1.165) is 0 Å². The molecule has 0 aromatic heterocycles. The molecule has 19 heavy (non-hydrogen) atoms. The first-order valence-corrected chi connectivity index (χ1v) is 5.47. The van der Waals surface area contributed by atoms with Crippen LogP contribution in [0.5, 0.6) is 0 Å². The molecule has 0 atom stereocenters. The minimum Gasteiger partial charge on any atom is -0.396 e. The Kier molecular flexibility index (Phi) is 6.11. The number of nitrogens with zero attached hydrogens (tertiary/aromatic N) is 1. The second-order valence-electron chi connectivity index (χ2n) is 4.22. The van der Waals surface area contributed by atoms with Crippen molar-refractivity contribution in [1.29, 1.82) is 0 Å². The van der Waals surface area contributed by atoms with Crippen molar-refractivity contribution in [2.24, 2.45) is 5.92 Å². The zero-order valence-corrected chi connectivity index (χ0v) is 10.3. The van der Waals surface area contributed by atoms with E-state index in [-0.39, 0.29) is 13.0 Å². The van der Waals surface area contributed by atoms with Crippen LogP contribution < -0.4 is 0 Å². The van der Waals surface area contributed by atoms with E-state index in [2.05, 4.69) is 0 Å². The number of rotatable bonds is 5. The molecule has 0 spiro atoms. The summed E-state index contributed by atoms with van der Waals surface area (Å²) >= 11 is 0. The van der Waals surface area contributed by atoms with Gasteiger partial charge in [-0.2, -0.15) is 26.3 Å². The lowest BCUT2D eigenvalue weighted by Crippen LogP contribution is -2.51. The second kappa shape index (κ2) is 6.44. The third-order valence-electron chi connectivity index (χ3n) is 2.37. The van der Waals surface area contributed by atoms with Gasteiger partial charge in [0.25, 0.3) is 0 Å². The maximum Gasteiger partial charge on any atom is 0.409 e. The molecular weight excluding hydrogens is 280 g/mol. The maximum atomic E-state index is 12.4. The lowest BCUT2D eigenvalue weighted by molar-refractivity contribution is -0.278. The van der Waals surface area contributed by atoms with E-state index in [4.69, 9.17) is 5.11 Å². The highest BCUT2D eigenvalue weighted by Crippen LogP contribution is 2.40. The van der Waals surface area contributed by atoms with Gasteiger partial charge >= 0.3 is 12.4 Å². The fourth-order valence-corrected chi connectivity index (χ4v) is 1.50. The predicted octanol–water partition coefficient (Wildman–Crippen LogP) is 2.35. The summed E-state index contributed by atoms with van der Waals surface area (Å²) in [5, 5.41) is 8.55. The summed E-state index contributed by atoms with van der Waals surface area (Å²) < 4.78 is 74.4. The molecule has 0 saturated heterocycles. The summed E-state index contributed by atoms with van der Waals surface area (Å²) in [6.45, 7) is 1.81. The largest absolute Gasteiger partial charge is 0.409 e. The first-order valence-electron chi connectivity index (χ1n) is 5.47. The third-order valence-corrected chi connectivity index (χ3v) is 2.37. The molecule has 0 unspecified atom stereocenters. The van der Waals surface area contributed by atoms with E-state index in [1.54, 1.807) is 0 Å². The van der Waals surface area contributed by atoms with Gasteiger partial charge in [-0.3, -0.25) is 4.79 Å². The summed E-state index contributed by atoms with van der Waals surface area (Å²) in [5.74, 6) is -6.07. The van der Waals surface area contributed by atoms with Crippen molar-refractivity contribution >= 4 is 5.91 Å². The summed E-state index contributed by atoms with van der Waals surface area (Å²) in [5.41, 5.74) is 0. The van der Waals surface area contributed by atoms with Gasteiger partial charge in [-0.1, -0.05) is 0 Å². The van der Waals surface area contributed by atoms with Gasteiger partial charge < -0.3 is 10.0 Å². The Bertz CT molecular complexity index is 285. The first kappa shape index (κ1) is 18.0. The molecule has 0 fully saturated rings. The number of amides is 1. The number of aliphatic hydroxyl groups is 1. The molecular formula is C10H15F6NO2. The van der Waals surface area contributed by atoms with Gasteiger partial charge in [0.15, 0.2) is 0 Å². The third kappa shape index (κ3) is 5.25. The van der Waals surface area contributed by atoms with Gasteiger partial charge in [-0.25, -0.2) is 0 Å². The molecule has 0 aliphatic heterocycles. The molecule has 1 N–H and O–H groups in total. The van der Waals surface area contributed by atoms with Crippen molar-refractivity contribution in [3.8, 4) is 0 Å². The molecule has 0 rings (SSSR count). The van der Waals surface area contributed by atoms with Crippen molar-refractivity contribution in [3.05, 3.63) is 0 Å². The predicted molar refractivity (Wildman–Crippen MR) is 54.2 cm³/mol. The molecule has 0 saturated carbocycles. The monoisotopic (exact) mass is 295 g/mol. The molecule has 0 aliphatic carbocycles. The van der Waals surface area contributed by atoms with Crippen LogP contribution in [0.1, 0.15) is 20.3 Å². The molecule has 0 aromatic rings. The Hall–Kier alpha value is -0.990. The number of hydrogen-bond acceptors (Lipinski definition) is 2. The van der Waals surface area contributed by atoms with Crippen LogP contribution >= 0.6 is 0 Å². The zero-order valence-electron chi connectivity index (χ0n) is 10.3. The Morgan fingerprint density at radius 2 is 1.53 bits per heavy atom. The van der Waals surface area contributed by atoms with E-state index in [0.29, 0.717) is 4.90 Å². The minimum absolute atomic E-state index is 0.0909. The Morgan fingerprint density at radius 3 is 1.79 bits per heavy atom. The summed E-state index contributed by atoms with van der Waals surface area (Å²) in [6, 6.07) is -0.828. The van der Waals surface area contributed by atoms with Crippen LogP contribution in [-0.2, 0) is 4.79 Å². The molecule has 0 radical (unpaired) electrons. The van der Waals surface area contributed by atoms with Gasteiger partial charge in [0, 0.05) is 19.2 Å². The molecule has 0 aliphatic rings. The van der Waals surface area contributed by atoms with Gasteiger partial charge in [-0.15, -0.1) is 0 Å². The number of aliphatic hydroxyl groups excluding tert-OH is 1. The zero-order chi connectivity index (χ0) is 15.4. The Labute approximate surface area is 106 Å². The highest BCUT2D eigenvalue weighted by molar-refractivity contribution is 5.80. The van der Waals surface area contributed by atoms with Crippen molar-refractivity contribution < 1.29 is 36.2 Å². The number of alkyl halides is 6. The van der Waals surface area contributed by atoms with Crippen molar-refractivity contribution in [3.63, 3.8) is 0 Å². The van der Waals surface area contributed by atoms with Crippen LogP contribution in [0.25, 0.3) is 0 Å². The van der Waals surface area contributed by atoms with E-state index < -0.39 is 36.8 Å². The average Bonchev–Trinajstić information content (AvgIpc) is 2.12. The summed E-state index contributed by atoms with van der Waals surface area (Å²) in [4.78, 5) is 12.0. The van der Waals surface area contributed by atoms with E-state index in [1.807, 2.05) is 0 Å². The highest BCUT2D eigenvalue weighted by atomic mass is 19.4. The van der Waals surface area contributed by atoms with Gasteiger partial charge in [0.1, 0.15) is 0 Å². The van der Waals surface area contributed by atoms with Gasteiger partial charge in [0.05, 0.1) is 0 Å². The fourth-order valence-electron chi connectivity index (χ4n) is 1.50. The minimum atomic E-state index is -5.69. The second-order valence-corrected chi connectivity index (χ2v) is 4.22. The van der Waals surface area contributed by atoms with Crippen LogP contribution in [0.3, 0.4) is 0 Å². The molecule has 9 heteroatoms. The van der Waals surface area contributed by atoms with E-state index in [1.165, 1.54) is 13.8 Å². The van der Waals surface area contributed by atoms with Gasteiger partial charge in [-0.05, 0) is 20.3 Å². The van der Waals surface area contributed by atoms with E-state index in [9.17, 15) is 31.1 Å². The lowest BCUT2D eigenvalue weighted by Gasteiger charge is -2.32. The highest BCUT2D eigenvalue weighted by Gasteiger charge is 2.62. The van der Waals surface area contributed by atoms with Crippen molar-refractivity contribution in [2.75, 3.05) is 13.2 Å². The van der Waals surface area contributed by atoms with Crippen LogP contribution in [0.15, 0.2) is 0 Å². The number of hydrogen-bond donors (Lipinski definition) is 1.